The first kappa shape index (κ1) is 23.5. The molecule has 7 heteroatoms. The SMILES string of the molecule is C=CCC(NC(=O)[C@H]1CCC[C@@H](NC(=O)OCC2c3ccccc3-c3ccccc32)C1)C(=O)O. The van der Waals surface area contributed by atoms with Gasteiger partial charge in [0.1, 0.15) is 12.6 Å². The fourth-order valence-electron chi connectivity index (χ4n) is 5.04. The Hall–Kier alpha value is -3.61. The lowest BCUT2D eigenvalue weighted by Crippen LogP contribution is -2.47. The van der Waals surface area contributed by atoms with Crippen LogP contribution in [0.1, 0.15) is 49.1 Å². The van der Waals surface area contributed by atoms with Crippen LogP contribution >= 0.6 is 0 Å². The quantitative estimate of drug-likeness (QED) is 0.509. The van der Waals surface area contributed by atoms with Crippen molar-refractivity contribution in [2.24, 2.45) is 5.92 Å². The number of aliphatic carboxylic acids is 1. The fourth-order valence-corrected chi connectivity index (χ4v) is 5.04. The van der Waals surface area contributed by atoms with E-state index in [1.807, 2.05) is 24.3 Å². The number of carboxylic acids is 1. The molecule has 178 valence electrons. The predicted octanol–water partition coefficient (Wildman–Crippen LogP) is 4.23. The molecule has 3 N–H and O–H groups in total. The largest absolute Gasteiger partial charge is 0.480 e. The topological polar surface area (TPSA) is 105 Å². The van der Waals surface area contributed by atoms with E-state index in [9.17, 15) is 19.5 Å². The van der Waals surface area contributed by atoms with Crippen LogP contribution in [0, 0.1) is 5.92 Å². The highest BCUT2D eigenvalue weighted by molar-refractivity contribution is 5.85. The van der Waals surface area contributed by atoms with Gasteiger partial charge in [-0.2, -0.15) is 0 Å². The number of carbonyl (C=O) groups excluding carboxylic acids is 2. The molecule has 0 spiro atoms. The number of amides is 2. The van der Waals surface area contributed by atoms with Crippen LogP contribution in [0.2, 0.25) is 0 Å². The van der Waals surface area contributed by atoms with E-state index in [0.717, 1.165) is 24.0 Å². The molecule has 7 nitrogen and oxygen atoms in total. The molecule has 34 heavy (non-hydrogen) atoms. The van der Waals surface area contributed by atoms with E-state index in [4.69, 9.17) is 4.74 Å². The van der Waals surface area contributed by atoms with E-state index in [1.165, 1.54) is 17.2 Å². The second kappa shape index (κ2) is 10.5. The number of hydrogen-bond acceptors (Lipinski definition) is 4. The molecule has 1 saturated carbocycles. The van der Waals surface area contributed by atoms with E-state index in [2.05, 4.69) is 41.5 Å². The van der Waals surface area contributed by atoms with Crippen molar-refractivity contribution in [1.29, 1.82) is 0 Å². The molecule has 0 radical (unpaired) electrons. The molecule has 0 saturated heterocycles. The Bertz CT molecular complexity index is 1040. The van der Waals surface area contributed by atoms with Gasteiger partial charge in [-0.25, -0.2) is 9.59 Å². The Balaban J connectivity index is 1.32. The molecule has 0 aromatic heterocycles. The first-order valence-corrected chi connectivity index (χ1v) is 11.7. The van der Waals surface area contributed by atoms with Crippen LogP contribution in [0.15, 0.2) is 61.2 Å². The summed E-state index contributed by atoms with van der Waals surface area (Å²) >= 11 is 0. The van der Waals surface area contributed by atoms with Gasteiger partial charge in [-0.3, -0.25) is 4.79 Å². The summed E-state index contributed by atoms with van der Waals surface area (Å²) in [7, 11) is 0. The predicted molar refractivity (Wildman–Crippen MR) is 128 cm³/mol. The number of carbonyl (C=O) groups is 3. The zero-order valence-electron chi connectivity index (χ0n) is 19.0. The third kappa shape index (κ3) is 5.14. The number of ether oxygens (including phenoxy) is 1. The fraction of sp³-hybridized carbons (Fsp3) is 0.370. The Morgan fingerprint density at radius 2 is 1.71 bits per heavy atom. The van der Waals surface area contributed by atoms with Crippen molar-refractivity contribution < 1.29 is 24.2 Å². The Kier molecular flexibility index (Phi) is 7.30. The van der Waals surface area contributed by atoms with Gasteiger partial charge in [0.25, 0.3) is 0 Å². The zero-order valence-corrected chi connectivity index (χ0v) is 19.0. The lowest BCUT2D eigenvalue weighted by Gasteiger charge is -2.29. The summed E-state index contributed by atoms with van der Waals surface area (Å²) in [6, 6.07) is 15.2. The number of rotatable bonds is 8. The molecule has 0 heterocycles. The minimum atomic E-state index is -1.09. The van der Waals surface area contributed by atoms with Crippen LogP contribution in [0.5, 0.6) is 0 Å². The van der Waals surface area contributed by atoms with Crippen molar-refractivity contribution in [2.45, 2.75) is 50.1 Å². The first-order chi connectivity index (χ1) is 16.5. The van der Waals surface area contributed by atoms with Crippen LogP contribution in [0.25, 0.3) is 11.1 Å². The van der Waals surface area contributed by atoms with Gasteiger partial charge in [-0.1, -0.05) is 61.0 Å². The summed E-state index contributed by atoms with van der Waals surface area (Å²) in [4.78, 5) is 36.5. The molecule has 2 aliphatic carbocycles. The molecular weight excluding hydrogens is 432 g/mol. The molecule has 1 fully saturated rings. The molecule has 0 aliphatic heterocycles. The average molecular weight is 463 g/mol. The van der Waals surface area contributed by atoms with Crippen LogP contribution < -0.4 is 10.6 Å². The summed E-state index contributed by atoms with van der Waals surface area (Å²) in [5, 5.41) is 14.7. The number of carboxylic acid groups (broad SMARTS) is 1. The summed E-state index contributed by atoms with van der Waals surface area (Å²) in [5.41, 5.74) is 4.64. The number of alkyl carbamates (subject to hydrolysis) is 1. The molecule has 2 aromatic rings. The van der Waals surface area contributed by atoms with Crippen molar-refractivity contribution in [2.75, 3.05) is 6.61 Å². The van der Waals surface area contributed by atoms with Gasteiger partial charge in [0.15, 0.2) is 0 Å². The van der Waals surface area contributed by atoms with Crippen molar-refractivity contribution in [3.63, 3.8) is 0 Å². The van der Waals surface area contributed by atoms with E-state index >= 15 is 0 Å². The smallest absolute Gasteiger partial charge is 0.407 e. The van der Waals surface area contributed by atoms with Crippen molar-refractivity contribution in [3.05, 3.63) is 72.3 Å². The highest BCUT2D eigenvalue weighted by atomic mass is 16.5. The molecule has 4 rings (SSSR count). The molecule has 1 unspecified atom stereocenters. The Labute approximate surface area is 199 Å². The van der Waals surface area contributed by atoms with Crippen LogP contribution in [-0.4, -0.2) is 41.8 Å². The zero-order chi connectivity index (χ0) is 24.1. The average Bonchev–Trinajstić information content (AvgIpc) is 3.16. The summed E-state index contributed by atoms with van der Waals surface area (Å²) in [5.74, 6) is -1.74. The Morgan fingerprint density at radius 1 is 1.06 bits per heavy atom. The van der Waals surface area contributed by atoms with Crippen LogP contribution in [0.4, 0.5) is 4.79 Å². The van der Waals surface area contributed by atoms with Gasteiger partial charge in [-0.05, 0) is 47.9 Å². The highest BCUT2D eigenvalue weighted by Gasteiger charge is 2.32. The minimum absolute atomic E-state index is 0.0131. The lowest BCUT2D eigenvalue weighted by molar-refractivity contribution is -0.142. The van der Waals surface area contributed by atoms with Crippen LogP contribution in [-0.2, 0) is 14.3 Å². The van der Waals surface area contributed by atoms with Gasteiger partial charge >= 0.3 is 12.1 Å². The third-order valence-electron chi connectivity index (χ3n) is 6.73. The second-order valence-corrected chi connectivity index (χ2v) is 8.95. The maximum Gasteiger partial charge on any atom is 0.407 e. The maximum absolute atomic E-state index is 12.6. The molecule has 0 bridgehead atoms. The van der Waals surface area contributed by atoms with Crippen molar-refractivity contribution >= 4 is 18.0 Å². The normalized spacial score (nSPS) is 19.9. The van der Waals surface area contributed by atoms with Gasteiger partial charge in [-0.15, -0.1) is 6.58 Å². The lowest BCUT2D eigenvalue weighted by atomic mass is 9.85. The number of hydrogen-bond donors (Lipinski definition) is 3. The molecular formula is C27H30N2O5. The van der Waals surface area contributed by atoms with Gasteiger partial charge in [0.2, 0.25) is 5.91 Å². The van der Waals surface area contributed by atoms with E-state index in [0.29, 0.717) is 12.8 Å². The molecule has 3 atom stereocenters. The number of nitrogens with one attached hydrogen (secondary N) is 2. The second-order valence-electron chi connectivity index (χ2n) is 8.95. The van der Waals surface area contributed by atoms with Gasteiger partial charge in [0.05, 0.1) is 0 Å². The van der Waals surface area contributed by atoms with E-state index in [-0.39, 0.29) is 36.8 Å². The monoisotopic (exact) mass is 462 g/mol. The first-order valence-electron chi connectivity index (χ1n) is 11.7. The standard InChI is InChI=1S/C27H30N2O5/c1-2-8-24(26(31)32)29-25(30)17-9-7-10-18(15-17)28-27(33)34-16-23-21-13-5-3-11-19(21)20-12-4-6-14-22(20)23/h2-6,11-14,17-18,23-24H,1,7-10,15-16H2,(H,28,33)(H,29,30)(H,31,32)/t17-,18+,24?/m0/s1. The van der Waals surface area contributed by atoms with E-state index in [1.54, 1.807) is 0 Å². The molecule has 2 aromatic carbocycles. The summed E-state index contributed by atoms with van der Waals surface area (Å²) < 4.78 is 5.63. The van der Waals surface area contributed by atoms with Gasteiger partial charge in [0, 0.05) is 17.9 Å². The van der Waals surface area contributed by atoms with Crippen molar-refractivity contribution in [1.82, 2.24) is 10.6 Å². The van der Waals surface area contributed by atoms with Crippen LogP contribution in [0.3, 0.4) is 0 Å². The third-order valence-corrected chi connectivity index (χ3v) is 6.73. The number of benzene rings is 2. The summed E-state index contributed by atoms with van der Waals surface area (Å²) in [6.45, 7) is 3.78. The highest BCUT2D eigenvalue weighted by Crippen LogP contribution is 2.44. The molecule has 2 amide bonds. The van der Waals surface area contributed by atoms with Crippen molar-refractivity contribution in [3.8, 4) is 11.1 Å². The number of fused-ring (bicyclic) bond motifs is 3. The van der Waals surface area contributed by atoms with E-state index < -0.39 is 18.1 Å². The van der Waals surface area contributed by atoms with Gasteiger partial charge < -0.3 is 20.5 Å². The minimum Gasteiger partial charge on any atom is -0.480 e. The molecule has 2 aliphatic rings. The summed E-state index contributed by atoms with van der Waals surface area (Å²) in [6.07, 6.45) is 3.78. The Morgan fingerprint density at radius 3 is 2.32 bits per heavy atom. The maximum atomic E-state index is 12.6.